The van der Waals surface area contributed by atoms with Gasteiger partial charge >= 0.3 is 5.97 Å². The topological polar surface area (TPSA) is 122 Å². The van der Waals surface area contributed by atoms with E-state index in [1.165, 1.54) is 18.2 Å². The van der Waals surface area contributed by atoms with Crippen molar-refractivity contribution in [3.63, 3.8) is 0 Å². The van der Waals surface area contributed by atoms with Gasteiger partial charge in [0, 0.05) is 16.4 Å². The predicted molar refractivity (Wildman–Crippen MR) is 149 cm³/mol. The van der Waals surface area contributed by atoms with Crippen LogP contribution in [0.3, 0.4) is 0 Å². The van der Waals surface area contributed by atoms with Gasteiger partial charge in [0.05, 0.1) is 10.5 Å². The van der Waals surface area contributed by atoms with Gasteiger partial charge in [-0.1, -0.05) is 41.4 Å². The number of ether oxygens (including phenoxy) is 1. The van der Waals surface area contributed by atoms with E-state index in [9.17, 15) is 24.0 Å². The van der Waals surface area contributed by atoms with Crippen molar-refractivity contribution in [3.05, 3.63) is 99.4 Å². The fraction of sp³-hybridized carbons (Fsp3) is 0.107. The fourth-order valence-electron chi connectivity index (χ4n) is 3.43. The third-order valence-corrected chi connectivity index (χ3v) is 6.58. The zero-order valence-electron chi connectivity index (χ0n) is 20.6. The van der Waals surface area contributed by atoms with Crippen LogP contribution >= 0.6 is 23.4 Å². The van der Waals surface area contributed by atoms with Crippen LogP contribution in [0.2, 0.25) is 5.02 Å². The van der Waals surface area contributed by atoms with Crippen molar-refractivity contribution in [1.82, 2.24) is 4.90 Å². The van der Waals surface area contributed by atoms with E-state index in [0.717, 1.165) is 10.5 Å². The van der Waals surface area contributed by atoms with Crippen LogP contribution in [-0.2, 0) is 19.1 Å². The largest absolute Gasteiger partial charge is 0.452 e. The first-order valence-corrected chi connectivity index (χ1v) is 12.8. The van der Waals surface area contributed by atoms with Gasteiger partial charge in [-0.05, 0) is 78.9 Å². The Labute approximate surface area is 233 Å². The maximum Gasteiger partial charge on any atom is 0.338 e. The average Bonchev–Trinajstić information content (AvgIpc) is 3.17. The minimum absolute atomic E-state index is 0.141. The molecule has 4 rings (SSSR count). The van der Waals surface area contributed by atoms with Gasteiger partial charge in [-0.25, -0.2) is 4.79 Å². The number of carbonyl (C=O) groups is 5. The summed E-state index contributed by atoms with van der Waals surface area (Å²) in [4.78, 5) is 62.8. The van der Waals surface area contributed by atoms with Crippen LogP contribution in [0, 0.1) is 6.92 Å². The molecule has 1 fully saturated rings. The van der Waals surface area contributed by atoms with Crippen LogP contribution in [0.4, 0.5) is 16.2 Å². The van der Waals surface area contributed by atoms with Crippen LogP contribution in [0.1, 0.15) is 21.5 Å². The second-order valence-corrected chi connectivity index (χ2v) is 9.86. The predicted octanol–water partition coefficient (Wildman–Crippen LogP) is 5.12. The molecule has 11 heteroatoms. The van der Waals surface area contributed by atoms with E-state index in [2.05, 4.69) is 10.6 Å². The molecule has 39 heavy (non-hydrogen) atoms. The monoisotopic (exact) mass is 563 g/mol. The molecule has 0 aliphatic carbocycles. The number of carbonyl (C=O) groups excluding carboxylic acids is 5. The van der Waals surface area contributed by atoms with E-state index in [-0.39, 0.29) is 10.5 Å². The molecule has 1 saturated heterocycles. The van der Waals surface area contributed by atoms with Gasteiger partial charge in [0.15, 0.2) is 6.61 Å². The van der Waals surface area contributed by atoms with E-state index >= 15 is 0 Å². The number of aryl methyl sites for hydroxylation is 1. The molecule has 0 aromatic heterocycles. The molecule has 1 aliphatic heterocycles. The molecule has 198 valence electrons. The second kappa shape index (κ2) is 12.4. The molecule has 0 atom stereocenters. The molecule has 4 amide bonds. The number of benzene rings is 3. The fourth-order valence-corrected chi connectivity index (χ4v) is 4.39. The summed E-state index contributed by atoms with van der Waals surface area (Å²) in [6, 6.07) is 19.7. The van der Waals surface area contributed by atoms with Crippen molar-refractivity contribution in [1.29, 1.82) is 0 Å². The van der Waals surface area contributed by atoms with Gasteiger partial charge in [-0.2, -0.15) is 0 Å². The van der Waals surface area contributed by atoms with Gasteiger partial charge < -0.3 is 15.4 Å². The van der Waals surface area contributed by atoms with E-state index in [4.69, 9.17) is 16.3 Å². The zero-order chi connectivity index (χ0) is 27.9. The Balaban J connectivity index is 1.30. The molecule has 0 radical (unpaired) electrons. The molecule has 0 unspecified atom stereocenters. The Kier molecular flexibility index (Phi) is 8.80. The summed E-state index contributed by atoms with van der Waals surface area (Å²) in [5.74, 6) is -2.29. The highest BCUT2D eigenvalue weighted by Gasteiger charge is 2.36. The van der Waals surface area contributed by atoms with E-state index in [0.29, 0.717) is 33.7 Å². The maximum absolute atomic E-state index is 12.7. The molecule has 0 bridgehead atoms. The Hall–Kier alpha value is -4.41. The van der Waals surface area contributed by atoms with Crippen molar-refractivity contribution >= 4 is 69.7 Å². The highest BCUT2D eigenvalue weighted by Crippen LogP contribution is 2.32. The van der Waals surface area contributed by atoms with E-state index in [1.807, 2.05) is 19.1 Å². The zero-order valence-corrected chi connectivity index (χ0v) is 22.2. The van der Waals surface area contributed by atoms with Crippen molar-refractivity contribution in [2.24, 2.45) is 0 Å². The van der Waals surface area contributed by atoms with Crippen LogP contribution in [-0.4, -0.2) is 47.0 Å². The summed E-state index contributed by atoms with van der Waals surface area (Å²) in [6.45, 7) is 1.04. The molecule has 1 aliphatic rings. The number of nitrogens with zero attached hydrogens (tertiary/aromatic N) is 1. The summed E-state index contributed by atoms with van der Waals surface area (Å²) < 4.78 is 5.07. The molecule has 0 spiro atoms. The average molecular weight is 564 g/mol. The third kappa shape index (κ3) is 7.56. The normalized spacial score (nSPS) is 13.9. The van der Waals surface area contributed by atoms with Gasteiger partial charge in [-0.15, -0.1) is 0 Å². The van der Waals surface area contributed by atoms with Gasteiger partial charge in [0.25, 0.3) is 17.1 Å². The summed E-state index contributed by atoms with van der Waals surface area (Å²) in [5, 5.41) is 5.19. The minimum atomic E-state index is -0.687. The lowest BCUT2D eigenvalue weighted by Crippen LogP contribution is -2.36. The van der Waals surface area contributed by atoms with Crippen LogP contribution in [0.5, 0.6) is 0 Å². The Morgan fingerprint density at radius 1 is 0.872 bits per heavy atom. The summed E-state index contributed by atoms with van der Waals surface area (Å²) in [6.07, 6.45) is 1.49. The summed E-state index contributed by atoms with van der Waals surface area (Å²) >= 11 is 6.54. The molecule has 1 heterocycles. The van der Waals surface area contributed by atoms with Crippen LogP contribution < -0.4 is 10.6 Å². The Morgan fingerprint density at radius 2 is 1.46 bits per heavy atom. The maximum atomic E-state index is 12.7. The van der Waals surface area contributed by atoms with Crippen molar-refractivity contribution in [2.75, 3.05) is 23.8 Å². The van der Waals surface area contributed by atoms with Crippen molar-refractivity contribution in [3.8, 4) is 0 Å². The number of esters is 1. The molecular weight excluding hydrogens is 542 g/mol. The third-order valence-electron chi connectivity index (χ3n) is 5.42. The number of halogens is 1. The van der Waals surface area contributed by atoms with Gasteiger partial charge in [-0.3, -0.25) is 24.1 Å². The number of anilines is 2. The summed E-state index contributed by atoms with van der Waals surface area (Å²) in [7, 11) is 0. The van der Waals surface area contributed by atoms with Crippen molar-refractivity contribution in [2.45, 2.75) is 6.92 Å². The Bertz CT molecular complexity index is 1450. The number of amides is 4. The molecular formula is C28H22ClN3O6S. The molecule has 9 nitrogen and oxygen atoms in total. The minimum Gasteiger partial charge on any atom is -0.452 e. The first kappa shape index (κ1) is 27.6. The number of imide groups is 1. The smallest absolute Gasteiger partial charge is 0.338 e. The first-order chi connectivity index (χ1) is 18.7. The lowest BCUT2D eigenvalue weighted by Gasteiger charge is -2.12. The lowest BCUT2D eigenvalue weighted by molar-refractivity contribution is -0.127. The SMILES string of the molecule is Cc1ccc(NC(=O)COC(=O)c2ccc(/C=C3\SC(=O)N(CC(=O)Nc4ccc(Cl)cc4)C3=O)cc2)cc1. The highest BCUT2D eigenvalue weighted by atomic mass is 35.5. The lowest BCUT2D eigenvalue weighted by atomic mass is 10.1. The number of thioether (sulfide) groups is 1. The number of nitrogens with one attached hydrogen (secondary N) is 2. The molecule has 0 saturated carbocycles. The molecule has 3 aromatic carbocycles. The Morgan fingerprint density at radius 3 is 2.10 bits per heavy atom. The van der Waals surface area contributed by atoms with Crippen molar-refractivity contribution < 1.29 is 28.7 Å². The van der Waals surface area contributed by atoms with E-state index < -0.39 is 42.1 Å². The number of rotatable bonds is 8. The highest BCUT2D eigenvalue weighted by molar-refractivity contribution is 8.18. The molecule has 2 N–H and O–H groups in total. The quantitative estimate of drug-likeness (QED) is 0.288. The van der Waals surface area contributed by atoms with Gasteiger partial charge in [0.2, 0.25) is 5.91 Å². The second-order valence-electron chi connectivity index (χ2n) is 8.44. The van der Waals surface area contributed by atoms with Crippen LogP contribution in [0.15, 0.2) is 77.7 Å². The molecule has 3 aromatic rings. The summed E-state index contributed by atoms with van der Waals surface area (Å²) in [5.41, 5.74) is 2.90. The first-order valence-electron chi connectivity index (χ1n) is 11.6. The van der Waals surface area contributed by atoms with Gasteiger partial charge in [0.1, 0.15) is 6.54 Å². The van der Waals surface area contributed by atoms with E-state index in [1.54, 1.807) is 48.5 Å². The van der Waals surface area contributed by atoms with Crippen LogP contribution in [0.25, 0.3) is 6.08 Å². The number of hydrogen-bond donors (Lipinski definition) is 2. The standard InChI is InChI=1S/C28H22ClN3O6S/c1-17-2-10-21(11-3-17)31-25(34)16-38-27(36)19-6-4-18(5-7-19)14-23-26(35)32(28(37)39-23)15-24(33)30-22-12-8-20(29)9-13-22/h2-14H,15-16H2,1H3,(H,30,33)(H,31,34)/b23-14-. The number of hydrogen-bond acceptors (Lipinski definition) is 7.